The molecule has 0 aliphatic rings. The van der Waals surface area contributed by atoms with Crippen molar-refractivity contribution in [3.05, 3.63) is 40.3 Å². The van der Waals surface area contributed by atoms with Gasteiger partial charge >= 0.3 is 0 Å². The Balaban J connectivity index is 2.46. The lowest BCUT2D eigenvalue weighted by Gasteiger charge is -2.08. The van der Waals surface area contributed by atoms with Crippen LogP contribution in [0.1, 0.15) is 28.8 Å². The van der Waals surface area contributed by atoms with Gasteiger partial charge in [-0.2, -0.15) is 5.10 Å². The summed E-state index contributed by atoms with van der Waals surface area (Å²) in [5, 5.41) is 7.35. The van der Waals surface area contributed by atoms with E-state index in [2.05, 4.69) is 15.4 Å². The third kappa shape index (κ3) is 2.76. The monoisotopic (exact) mass is 278 g/mol. The number of nitrogens with one attached hydrogen (secondary N) is 1. The van der Waals surface area contributed by atoms with Crippen LogP contribution in [0, 0.1) is 13.8 Å². The maximum absolute atomic E-state index is 11.9. The molecule has 1 amide bonds. The molecule has 1 N–H and O–H groups in total. The second-order valence-electron chi connectivity index (χ2n) is 4.20. The summed E-state index contributed by atoms with van der Waals surface area (Å²) >= 11 is 6.01. The molecule has 0 spiro atoms. The minimum Gasteiger partial charge on any atom is -0.351 e. The minimum absolute atomic E-state index is 0.216. The van der Waals surface area contributed by atoms with Gasteiger partial charge in [0.15, 0.2) is 5.82 Å². The lowest BCUT2D eigenvalue weighted by atomic mass is 10.3. The molecule has 19 heavy (non-hydrogen) atoms. The molecular weight excluding hydrogens is 264 g/mol. The van der Waals surface area contributed by atoms with E-state index in [0.29, 0.717) is 17.4 Å². The van der Waals surface area contributed by atoms with Crippen molar-refractivity contribution in [1.29, 1.82) is 0 Å². The van der Waals surface area contributed by atoms with E-state index in [1.807, 2.05) is 26.8 Å². The van der Waals surface area contributed by atoms with Gasteiger partial charge in [-0.25, -0.2) is 9.67 Å². The van der Waals surface area contributed by atoms with Gasteiger partial charge in [-0.3, -0.25) is 4.79 Å². The van der Waals surface area contributed by atoms with Crippen molar-refractivity contribution in [2.45, 2.75) is 20.8 Å². The zero-order valence-corrected chi connectivity index (χ0v) is 11.8. The number of rotatable bonds is 3. The molecule has 0 saturated carbocycles. The number of aryl methyl sites for hydroxylation is 2. The van der Waals surface area contributed by atoms with Crippen molar-refractivity contribution < 1.29 is 4.79 Å². The Morgan fingerprint density at radius 2 is 2.16 bits per heavy atom. The van der Waals surface area contributed by atoms with Gasteiger partial charge in [-0.1, -0.05) is 11.6 Å². The van der Waals surface area contributed by atoms with Crippen LogP contribution in [0.4, 0.5) is 0 Å². The maximum atomic E-state index is 11.9. The van der Waals surface area contributed by atoms with Gasteiger partial charge in [0, 0.05) is 12.2 Å². The fourth-order valence-electron chi connectivity index (χ4n) is 1.81. The van der Waals surface area contributed by atoms with E-state index in [1.54, 1.807) is 16.8 Å². The van der Waals surface area contributed by atoms with Crippen molar-refractivity contribution in [2.24, 2.45) is 0 Å². The topological polar surface area (TPSA) is 59.8 Å². The third-order valence-electron chi connectivity index (χ3n) is 2.61. The number of halogens is 1. The first kappa shape index (κ1) is 13.5. The largest absolute Gasteiger partial charge is 0.351 e. The van der Waals surface area contributed by atoms with Crippen LogP contribution >= 0.6 is 11.6 Å². The fraction of sp³-hybridized carbons (Fsp3) is 0.308. The molecule has 0 aliphatic carbocycles. The Morgan fingerprint density at radius 3 is 2.74 bits per heavy atom. The molecular formula is C13H15ClN4O. The molecule has 0 saturated heterocycles. The first-order chi connectivity index (χ1) is 9.02. The van der Waals surface area contributed by atoms with Gasteiger partial charge in [0.25, 0.3) is 5.91 Å². The number of carbonyl (C=O) groups excluding carboxylic acids is 1. The number of carbonyl (C=O) groups is 1. The zero-order chi connectivity index (χ0) is 14.0. The summed E-state index contributed by atoms with van der Waals surface area (Å²) in [7, 11) is 0. The molecule has 0 unspecified atom stereocenters. The second kappa shape index (κ2) is 5.40. The average molecular weight is 279 g/mol. The van der Waals surface area contributed by atoms with E-state index in [-0.39, 0.29) is 11.6 Å². The average Bonchev–Trinajstić information content (AvgIpc) is 2.69. The van der Waals surface area contributed by atoms with Crippen LogP contribution in [0.5, 0.6) is 0 Å². The number of pyridine rings is 1. The highest BCUT2D eigenvalue weighted by Gasteiger charge is 2.14. The first-order valence-corrected chi connectivity index (χ1v) is 6.39. The summed E-state index contributed by atoms with van der Waals surface area (Å²) in [6.45, 7) is 6.21. The molecule has 2 rings (SSSR count). The molecule has 0 aromatic carbocycles. The van der Waals surface area contributed by atoms with E-state index in [4.69, 9.17) is 11.6 Å². The second-order valence-corrected chi connectivity index (χ2v) is 4.61. The van der Waals surface area contributed by atoms with Gasteiger partial charge < -0.3 is 5.32 Å². The predicted molar refractivity (Wildman–Crippen MR) is 73.9 cm³/mol. The van der Waals surface area contributed by atoms with Crippen LogP contribution in [-0.2, 0) is 0 Å². The maximum Gasteiger partial charge on any atom is 0.271 e. The van der Waals surface area contributed by atoms with Crippen LogP contribution in [0.3, 0.4) is 0 Å². The van der Waals surface area contributed by atoms with E-state index in [9.17, 15) is 4.79 Å². The lowest BCUT2D eigenvalue weighted by Crippen LogP contribution is -2.24. The Labute approximate surface area is 116 Å². The number of amides is 1. The first-order valence-electron chi connectivity index (χ1n) is 6.01. The molecule has 2 aromatic rings. The van der Waals surface area contributed by atoms with E-state index in [1.165, 1.54) is 0 Å². The van der Waals surface area contributed by atoms with Crippen LogP contribution in [0.2, 0.25) is 5.02 Å². The summed E-state index contributed by atoms with van der Waals surface area (Å²) < 4.78 is 1.69. The predicted octanol–water partition coefficient (Wildman–Crippen LogP) is 2.29. The van der Waals surface area contributed by atoms with Crippen LogP contribution in [0.25, 0.3) is 5.82 Å². The van der Waals surface area contributed by atoms with Crippen molar-refractivity contribution in [3.8, 4) is 5.82 Å². The summed E-state index contributed by atoms with van der Waals surface area (Å²) in [6, 6.07) is 5.34. The summed E-state index contributed by atoms with van der Waals surface area (Å²) in [4.78, 5) is 16.1. The van der Waals surface area contributed by atoms with Crippen molar-refractivity contribution in [1.82, 2.24) is 20.1 Å². The number of nitrogens with zero attached hydrogens (tertiary/aromatic N) is 3. The van der Waals surface area contributed by atoms with Gasteiger partial charge in [-0.05, 0) is 39.0 Å². The molecule has 100 valence electrons. The normalized spacial score (nSPS) is 10.5. The fourth-order valence-corrected chi connectivity index (χ4v) is 2.01. The third-order valence-corrected chi connectivity index (χ3v) is 2.92. The summed E-state index contributed by atoms with van der Waals surface area (Å²) in [5.41, 5.74) is 2.07. The highest BCUT2D eigenvalue weighted by molar-refractivity contribution is 6.33. The lowest BCUT2D eigenvalue weighted by molar-refractivity contribution is 0.0951. The van der Waals surface area contributed by atoms with Crippen molar-refractivity contribution >= 4 is 17.5 Å². The summed E-state index contributed by atoms with van der Waals surface area (Å²) in [5.74, 6) is 0.298. The van der Waals surface area contributed by atoms with Gasteiger partial charge in [0.05, 0.1) is 10.7 Å². The quantitative estimate of drug-likeness (QED) is 0.937. The highest BCUT2D eigenvalue weighted by atomic mass is 35.5. The molecule has 0 atom stereocenters. The Hall–Kier alpha value is -1.88. The van der Waals surface area contributed by atoms with Gasteiger partial charge in [0.2, 0.25) is 0 Å². The van der Waals surface area contributed by atoms with Gasteiger partial charge in [-0.15, -0.1) is 0 Å². The van der Waals surface area contributed by atoms with Crippen molar-refractivity contribution in [3.63, 3.8) is 0 Å². The molecule has 0 aliphatic heterocycles. The zero-order valence-electron chi connectivity index (χ0n) is 11.1. The molecule has 2 heterocycles. The molecule has 0 bridgehead atoms. The van der Waals surface area contributed by atoms with Crippen LogP contribution in [0.15, 0.2) is 18.2 Å². The molecule has 6 heteroatoms. The molecule has 0 radical (unpaired) electrons. The Morgan fingerprint density at radius 1 is 1.42 bits per heavy atom. The van der Waals surface area contributed by atoms with Crippen LogP contribution in [-0.4, -0.2) is 27.2 Å². The highest BCUT2D eigenvalue weighted by Crippen LogP contribution is 2.17. The van der Waals surface area contributed by atoms with E-state index < -0.39 is 0 Å². The van der Waals surface area contributed by atoms with Crippen molar-refractivity contribution in [2.75, 3.05) is 6.54 Å². The number of hydrogen-bond acceptors (Lipinski definition) is 3. The molecule has 5 nitrogen and oxygen atoms in total. The SMILES string of the molecule is CCNC(=O)c1nc(-n2nc(C)cc2C)ccc1Cl. The standard InChI is InChI=1S/C13H15ClN4O/c1-4-15-13(19)12-10(14)5-6-11(16-12)18-9(3)7-8(2)17-18/h5-7H,4H2,1-3H3,(H,15,19). The number of hydrogen-bond donors (Lipinski definition) is 1. The van der Waals surface area contributed by atoms with Gasteiger partial charge in [0.1, 0.15) is 5.69 Å². The smallest absolute Gasteiger partial charge is 0.271 e. The Bertz CT molecular complexity index is 621. The summed E-state index contributed by atoms with van der Waals surface area (Å²) in [6.07, 6.45) is 0. The van der Waals surface area contributed by atoms with Crippen LogP contribution < -0.4 is 5.32 Å². The minimum atomic E-state index is -0.282. The Kier molecular flexibility index (Phi) is 3.85. The van der Waals surface area contributed by atoms with E-state index >= 15 is 0 Å². The van der Waals surface area contributed by atoms with E-state index in [0.717, 1.165) is 11.4 Å². The molecule has 0 fully saturated rings. The molecule has 2 aromatic heterocycles. The number of aromatic nitrogens is 3.